The Morgan fingerprint density at radius 3 is 2.37 bits per heavy atom. The van der Waals surface area contributed by atoms with E-state index in [4.69, 9.17) is 21.1 Å². The van der Waals surface area contributed by atoms with Gasteiger partial charge in [0.15, 0.2) is 11.5 Å². The van der Waals surface area contributed by atoms with Crippen molar-refractivity contribution in [2.75, 3.05) is 19.5 Å². The molecule has 2 aromatic carbocycles. The van der Waals surface area contributed by atoms with Crippen LogP contribution in [0.2, 0.25) is 5.02 Å². The molecule has 184 valence electrons. The summed E-state index contributed by atoms with van der Waals surface area (Å²) in [6.45, 7) is 1.68. The van der Waals surface area contributed by atoms with Crippen LogP contribution in [0.3, 0.4) is 0 Å². The lowest BCUT2D eigenvalue weighted by atomic mass is 10.1. The molecule has 0 aliphatic carbocycles. The Balaban J connectivity index is 1.92. The highest BCUT2D eigenvalue weighted by Gasteiger charge is 2.31. The first kappa shape index (κ1) is 25.6. The third kappa shape index (κ3) is 6.54. The highest BCUT2D eigenvalue weighted by molar-refractivity contribution is 6.31. The maximum Gasteiger partial charge on any atom is 0.573 e. The van der Waals surface area contributed by atoms with Crippen molar-refractivity contribution in [2.24, 2.45) is 0 Å². The molecule has 0 spiro atoms. The maximum absolute atomic E-state index is 13.1. The zero-order valence-corrected chi connectivity index (χ0v) is 19.3. The van der Waals surface area contributed by atoms with Crippen LogP contribution < -0.4 is 19.5 Å². The first-order chi connectivity index (χ1) is 16.5. The average molecular weight is 511 g/mol. The van der Waals surface area contributed by atoms with Crippen LogP contribution in [0.4, 0.5) is 18.9 Å². The number of anilines is 1. The van der Waals surface area contributed by atoms with Gasteiger partial charge in [-0.15, -0.1) is 13.2 Å². The average Bonchev–Trinajstić information content (AvgIpc) is 2.80. The van der Waals surface area contributed by atoms with E-state index in [9.17, 15) is 22.8 Å². The standard InChI is InChI=1S/C23H18ClF3N2O6/c1-12-11-28-17(22(31)33-3)10-16(12)29-21(30)15-8-13(24)4-6-18(15)34-19-7-5-14(9-20(19)32-2)35-23(25,26)27/h4-11H,1-3H3,(H,28,29,30). The number of benzene rings is 2. The normalized spacial score (nSPS) is 10.9. The number of hydrogen-bond acceptors (Lipinski definition) is 7. The quantitative estimate of drug-likeness (QED) is 0.402. The highest BCUT2D eigenvalue weighted by atomic mass is 35.5. The molecule has 0 atom stereocenters. The predicted octanol–water partition coefficient (Wildman–Crippen LogP) is 5.78. The molecule has 0 bridgehead atoms. The van der Waals surface area contributed by atoms with E-state index in [1.165, 1.54) is 50.7 Å². The fourth-order valence-corrected chi connectivity index (χ4v) is 3.05. The molecule has 1 N–H and O–H groups in total. The Hall–Kier alpha value is -3.99. The van der Waals surface area contributed by atoms with Crippen LogP contribution in [0.25, 0.3) is 0 Å². The molecule has 0 aliphatic rings. The van der Waals surface area contributed by atoms with Crippen molar-refractivity contribution in [3.63, 3.8) is 0 Å². The second kappa shape index (κ2) is 10.5. The lowest BCUT2D eigenvalue weighted by Crippen LogP contribution is -2.17. The van der Waals surface area contributed by atoms with E-state index in [-0.39, 0.29) is 33.5 Å². The first-order valence-electron chi connectivity index (χ1n) is 9.78. The maximum atomic E-state index is 13.1. The third-order valence-corrected chi connectivity index (χ3v) is 4.76. The zero-order valence-electron chi connectivity index (χ0n) is 18.5. The van der Waals surface area contributed by atoms with Crippen molar-refractivity contribution in [2.45, 2.75) is 13.3 Å². The molecular formula is C23H18ClF3N2O6. The lowest BCUT2D eigenvalue weighted by molar-refractivity contribution is -0.274. The van der Waals surface area contributed by atoms with Gasteiger partial charge in [-0.1, -0.05) is 11.6 Å². The van der Waals surface area contributed by atoms with E-state index in [1.807, 2.05) is 0 Å². The zero-order chi connectivity index (χ0) is 25.8. The fraction of sp³-hybridized carbons (Fsp3) is 0.174. The minimum absolute atomic E-state index is 0.00556. The second-order valence-corrected chi connectivity index (χ2v) is 7.37. The first-order valence-corrected chi connectivity index (χ1v) is 10.2. The van der Waals surface area contributed by atoms with Gasteiger partial charge in [-0.25, -0.2) is 9.78 Å². The van der Waals surface area contributed by atoms with Crippen LogP contribution in [0.5, 0.6) is 23.0 Å². The second-order valence-electron chi connectivity index (χ2n) is 6.93. The van der Waals surface area contributed by atoms with Gasteiger partial charge in [0.2, 0.25) is 0 Å². The highest BCUT2D eigenvalue weighted by Crippen LogP contribution is 2.38. The largest absolute Gasteiger partial charge is 0.573 e. The van der Waals surface area contributed by atoms with Gasteiger partial charge in [0.05, 0.1) is 19.8 Å². The van der Waals surface area contributed by atoms with E-state index in [1.54, 1.807) is 6.92 Å². The van der Waals surface area contributed by atoms with Gasteiger partial charge < -0.3 is 24.3 Å². The van der Waals surface area contributed by atoms with Crippen molar-refractivity contribution < 1.29 is 41.7 Å². The minimum atomic E-state index is -4.88. The summed E-state index contributed by atoms with van der Waals surface area (Å²) in [6.07, 6.45) is -3.49. The van der Waals surface area contributed by atoms with Crippen molar-refractivity contribution in [1.29, 1.82) is 0 Å². The number of ether oxygens (including phenoxy) is 4. The number of esters is 1. The smallest absolute Gasteiger partial charge is 0.493 e. The lowest BCUT2D eigenvalue weighted by Gasteiger charge is -2.16. The summed E-state index contributed by atoms with van der Waals surface area (Å²) < 4.78 is 57.0. The van der Waals surface area contributed by atoms with E-state index in [0.717, 1.165) is 12.1 Å². The number of amides is 1. The summed E-state index contributed by atoms with van der Waals surface area (Å²) in [7, 11) is 2.44. The van der Waals surface area contributed by atoms with E-state index >= 15 is 0 Å². The monoisotopic (exact) mass is 510 g/mol. The summed E-state index contributed by atoms with van der Waals surface area (Å²) in [5.74, 6) is -1.84. The van der Waals surface area contributed by atoms with Gasteiger partial charge in [-0.2, -0.15) is 0 Å². The van der Waals surface area contributed by atoms with E-state index < -0.39 is 24.0 Å². The van der Waals surface area contributed by atoms with Crippen LogP contribution in [0.1, 0.15) is 26.4 Å². The van der Waals surface area contributed by atoms with Gasteiger partial charge in [-0.3, -0.25) is 4.79 Å². The van der Waals surface area contributed by atoms with Gasteiger partial charge in [-0.05, 0) is 48.9 Å². The van der Waals surface area contributed by atoms with E-state index in [2.05, 4.69) is 19.8 Å². The SMILES string of the molecule is COC(=O)c1cc(NC(=O)c2cc(Cl)ccc2Oc2ccc(OC(F)(F)F)cc2OC)c(C)cn1. The van der Waals surface area contributed by atoms with Crippen LogP contribution in [-0.2, 0) is 4.74 Å². The number of pyridine rings is 1. The van der Waals surface area contributed by atoms with Gasteiger partial charge >= 0.3 is 12.3 Å². The Morgan fingerprint density at radius 2 is 1.71 bits per heavy atom. The van der Waals surface area contributed by atoms with Crippen molar-refractivity contribution in [3.05, 3.63) is 70.5 Å². The van der Waals surface area contributed by atoms with Crippen molar-refractivity contribution in [3.8, 4) is 23.0 Å². The molecular weight excluding hydrogens is 493 g/mol. The molecule has 1 heterocycles. The third-order valence-electron chi connectivity index (χ3n) is 4.52. The predicted molar refractivity (Wildman–Crippen MR) is 119 cm³/mol. The van der Waals surface area contributed by atoms with Crippen LogP contribution in [-0.4, -0.2) is 37.4 Å². The Kier molecular flexibility index (Phi) is 7.70. The van der Waals surface area contributed by atoms with Gasteiger partial charge in [0, 0.05) is 23.0 Å². The molecule has 0 fully saturated rings. The number of methoxy groups -OCH3 is 2. The number of carbonyl (C=O) groups excluding carboxylic acids is 2. The Morgan fingerprint density at radius 1 is 1.00 bits per heavy atom. The summed E-state index contributed by atoms with van der Waals surface area (Å²) in [5, 5.41) is 2.89. The van der Waals surface area contributed by atoms with Crippen LogP contribution >= 0.6 is 11.6 Å². The molecule has 8 nitrogen and oxygen atoms in total. The number of hydrogen-bond donors (Lipinski definition) is 1. The molecule has 35 heavy (non-hydrogen) atoms. The number of aryl methyl sites for hydroxylation is 1. The number of alkyl halides is 3. The number of nitrogens with one attached hydrogen (secondary N) is 1. The molecule has 0 saturated heterocycles. The van der Waals surface area contributed by atoms with Crippen LogP contribution in [0.15, 0.2) is 48.7 Å². The van der Waals surface area contributed by atoms with Gasteiger partial charge in [0.1, 0.15) is 17.2 Å². The summed E-state index contributed by atoms with van der Waals surface area (Å²) in [6, 6.07) is 8.81. The van der Waals surface area contributed by atoms with Crippen LogP contribution in [0, 0.1) is 6.92 Å². The molecule has 1 aromatic heterocycles. The Labute approximate surface area is 202 Å². The number of carbonyl (C=O) groups is 2. The van der Waals surface area contributed by atoms with Crippen molar-refractivity contribution >= 4 is 29.2 Å². The number of nitrogens with zero attached hydrogens (tertiary/aromatic N) is 1. The molecule has 0 unspecified atom stereocenters. The van der Waals surface area contributed by atoms with Crippen molar-refractivity contribution in [1.82, 2.24) is 4.98 Å². The molecule has 1 amide bonds. The summed E-state index contributed by atoms with van der Waals surface area (Å²) >= 11 is 6.07. The Bertz CT molecular complexity index is 1270. The minimum Gasteiger partial charge on any atom is -0.493 e. The van der Waals surface area contributed by atoms with E-state index in [0.29, 0.717) is 11.3 Å². The molecule has 12 heteroatoms. The fourth-order valence-electron chi connectivity index (χ4n) is 2.88. The number of rotatable bonds is 7. The topological polar surface area (TPSA) is 96.0 Å². The molecule has 3 rings (SSSR count). The molecule has 3 aromatic rings. The summed E-state index contributed by atoms with van der Waals surface area (Å²) in [4.78, 5) is 28.8. The number of halogens is 4. The molecule has 0 saturated carbocycles. The summed E-state index contributed by atoms with van der Waals surface area (Å²) in [5.41, 5.74) is 0.854. The number of aromatic nitrogens is 1. The molecule has 0 radical (unpaired) electrons. The molecule has 0 aliphatic heterocycles. The van der Waals surface area contributed by atoms with Gasteiger partial charge in [0.25, 0.3) is 5.91 Å².